The average Bonchev–Trinajstić information content (AvgIpc) is 3.68. The number of nitrogens with two attached hydrogens (primary N) is 1. The van der Waals surface area contributed by atoms with Crippen LogP contribution in [0.15, 0.2) is 109 Å². The van der Waals surface area contributed by atoms with Crippen molar-refractivity contribution in [1.29, 1.82) is 0 Å². The van der Waals surface area contributed by atoms with Crippen LogP contribution in [-0.2, 0) is 35.0 Å². The van der Waals surface area contributed by atoms with Gasteiger partial charge in [0.15, 0.2) is 15.7 Å². The fraction of sp³-hybridized carbons (Fsp3) is 0.222. The number of sulfone groups is 1. The molecule has 0 amide bonds. The van der Waals surface area contributed by atoms with Crippen LogP contribution in [0.4, 0.5) is 0 Å². The fourth-order valence-corrected chi connectivity index (χ4v) is 7.96. The van der Waals surface area contributed by atoms with Gasteiger partial charge < -0.3 is 24.8 Å². The van der Waals surface area contributed by atoms with E-state index >= 15 is 0 Å². The normalized spacial score (nSPS) is 13.0. The zero-order valence-electron chi connectivity index (χ0n) is 25.8. The third kappa shape index (κ3) is 6.54. The molecule has 2 atom stereocenters. The van der Waals surface area contributed by atoms with Crippen LogP contribution in [0.25, 0.3) is 10.9 Å². The Hall–Kier alpha value is -4.93. The van der Waals surface area contributed by atoms with Gasteiger partial charge in [-0.25, -0.2) is 8.42 Å². The average molecular weight is 636 g/mol. The second kappa shape index (κ2) is 13.6. The number of aryl methyl sites for hydroxylation is 2. The van der Waals surface area contributed by atoms with Crippen molar-refractivity contribution in [2.45, 2.75) is 36.4 Å². The lowest BCUT2D eigenvalue weighted by molar-refractivity contribution is 0.389. The SMILES string of the molecule is COc1ccc(Cn2c(CCc3ccccc3)nnc2[C@@H](N)C(c2c[nH]c3ccccc23)S(=O)(=O)Cc2ccccc2)c(OC)c1. The molecule has 46 heavy (non-hydrogen) atoms. The summed E-state index contributed by atoms with van der Waals surface area (Å²) in [6, 6.07) is 31.5. The van der Waals surface area contributed by atoms with Crippen LogP contribution >= 0.6 is 0 Å². The molecular weight excluding hydrogens is 598 g/mol. The van der Waals surface area contributed by atoms with Gasteiger partial charge in [0, 0.05) is 35.2 Å². The van der Waals surface area contributed by atoms with Crippen molar-refractivity contribution in [3.8, 4) is 11.5 Å². The highest BCUT2D eigenvalue weighted by molar-refractivity contribution is 7.90. The van der Waals surface area contributed by atoms with Gasteiger partial charge in [-0.2, -0.15) is 0 Å². The van der Waals surface area contributed by atoms with E-state index in [-0.39, 0.29) is 5.75 Å². The predicted octanol–water partition coefficient (Wildman–Crippen LogP) is 5.97. The van der Waals surface area contributed by atoms with E-state index in [1.54, 1.807) is 20.4 Å². The molecule has 0 aliphatic rings. The molecule has 0 aliphatic carbocycles. The number of aromatic nitrogens is 4. The molecule has 4 aromatic carbocycles. The van der Waals surface area contributed by atoms with E-state index in [0.717, 1.165) is 28.5 Å². The maximum Gasteiger partial charge on any atom is 0.163 e. The van der Waals surface area contributed by atoms with Gasteiger partial charge in [0.05, 0.1) is 32.6 Å². The molecule has 0 aliphatic heterocycles. The Morgan fingerprint density at radius 1 is 0.826 bits per heavy atom. The summed E-state index contributed by atoms with van der Waals surface area (Å²) in [5.74, 6) is 2.20. The molecule has 0 bridgehead atoms. The summed E-state index contributed by atoms with van der Waals surface area (Å²) >= 11 is 0. The van der Waals surface area contributed by atoms with Crippen LogP contribution in [0.2, 0.25) is 0 Å². The maximum absolute atomic E-state index is 14.4. The number of aromatic amines is 1. The van der Waals surface area contributed by atoms with E-state index < -0.39 is 21.1 Å². The zero-order valence-corrected chi connectivity index (χ0v) is 26.7. The number of benzene rings is 4. The molecule has 10 heteroatoms. The number of nitrogens with zero attached hydrogens (tertiary/aromatic N) is 3. The molecular formula is C36H37N5O4S. The van der Waals surface area contributed by atoms with Crippen molar-refractivity contribution in [1.82, 2.24) is 19.7 Å². The molecule has 2 aromatic heterocycles. The number of rotatable bonds is 13. The number of ether oxygens (including phenoxy) is 2. The second-order valence-corrected chi connectivity index (χ2v) is 13.4. The lowest BCUT2D eigenvalue weighted by Gasteiger charge is -2.25. The molecule has 0 fully saturated rings. The standard InChI is InChI=1S/C36H37N5O4S/c1-44-28-19-18-27(32(21-28)45-2)23-41-33(20-17-25-11-5-3-6-12-25)39-40-36(41)34(37)35(30-22-38-31-16-10-9-15-29(30)31)46(42,43)24-26-13-7-4-8-14-26/h3-16,18-19,21-22,34-35,38H,17,20,23-24,37H2,1-2H3/t34-,35?/m0/s1. The maximum atomic E-state index is 14.4. The summed E-state index contributed by atoms with van der Waals surface area (Å²) in [4.78, 5) is 3.24. The van der Waals surface area contributed by atoms with Gasteiger partial charge in [0.1, 0.15) is 22.6 Å². The molecule has 9 nitrogen and oxygen atoms in total. The predicted molar refractivity (Wildman–Crippen MR) is 180 cm³/mol. The van der Waals surface area contributed by atoms with E-state index in [0.29, 0.717) is 47.2 Å². The smallest absolute Gasteiger partial charge is 0.163 e. The molecule has 236 valence electrons. The molecule has 2 heterocycles. The summed E-state index contributed by atoms with van der Waals surface area (Å²) in [6.45, 7) is 0.326. The summed E-state index contributed by atoms with van der Waals surface area (Å²) in [5, 5.41) is 8.88. The van der Waals surface area contributed by atoms with Crippen LogP contribution in [-0.4, -0.2) is 42.4 Å². The number of methoxy groups -OCH3 is 2. The largest absolute Gasteiger partial charge is 0.497 e. The minimum atomic E-state index is -3.86. The second-order valence-electron chi connectivity index (χ2n) is 11.3. The van der Waals surface area contributed by atoms with E-state index in [1.165, 1.54) is 0 Å². The molecule has 6 rings (SSSR count). The Morgan fingerprint density at radius 3 is 2.24 bits per heavy atom. The molecule has 0 spiro atoms. The Morgan fingerprint density at radius 2 is 1.52 bits per heavy atom. The molecule has 3 N–H and O–H groups in total. The molecule has 6 aromatic rings. The van der Waals surface area contributed by atoms with Crippen LogP contribution in [0, 0.1) is 0 Å². The van der Waals surface area contributed by atoms with Crippen LogP contribution in [0.3, 0.4) is 0 Å². The van der Waals surface area contributed by atoms with Crippen LogP contribution in [0.5, 0.6) is 11.5 Å². The summed E-state index contributed by atoms with van der Waals surface area (Å²) in [7, 11) is -0.649. The number of nitrogens with one attached hydrogen (secondary N) is 1. The van der Waals surface area contributed by atoms with Crippen molar-refractivity contribution in [2.24, 2.45) is 5.73 Å². The van der Waals surface area contributed by atoms with Gasteiger partial charge in [-0.3, -0.25) is 0 Å². The van der Waals surface area contributed by atoms with Crippen molar-refractivity contribution in [3.63, 3.8) is 0 Å². The highest BCUT2D eigenvalue weighted by Crippen LogP contribution is 2.39. The van der Waals surface area contributed by atoms with Gasteiger partial charge in [-0.1, -0.05) is 78.9 Å². The van der Waals surface area contributed by atoms with E-state index in [1.807, 2.05) is 95.6 Å². The monoisotopic (exact) mass is 635 g/mol. The van der Waals surface area contributed by atoms with Gasteiger partial charge in [0.2, 0.25) is 0 Å². The highest BCUT2D eigenvalue weighted by Gasteiger charge is 2.38. The molecule has 0 saturated carbocycles. The summed E-state index contributed by atoms with van der Waals surface area (Å²) in [5.41, 5.74) is 11.2. The van der Waals surface area contributed by atoms with Crippen LogP contribution in [0.1, 0.15) is 45.2 Å². The first-order valence-electron chi connectivity index (χ1n) is 15.1. The fourth-order valence-electron chi connectivity index (χ4n) is 5.98. The number of H-pyrrole nitrogens is 1. The number of hydrogen-bond acceptors (Lipinski definition) is 7. The van der Waals surface area contributed by atoms with Gasteiger partial charge >= 0.3 is 0 Å². The Bertz CT molecular complexity index is 2020. The lowest BCUT2D eigenvalue weighted by Crippen LogP contribution is -2.30. The first kappa shape index (κ1) is 31.1. The third-order valence-corrected chi connectivity index (χ3v) is 10.4. The molecule has 0 saturated heterocycles. The third-order valence-electron chi connectivity index (χ3n) is 8.31. The first-order chi connectivity index (χ1) is 22.4. The minimum Gasteiger partial charge on any atom is -0.497 e. The lowest BCUT2D eigenvalue weighted by atomic mass is 10.0. The Balaban J connectivity index is 1.46. The highest BCUT2D eigenvalue weighted by atomic mass is 32.2. The molecule has 0 radical (unpaired) electrons. The van der Waals surface area contributed by atoms with Gasteiger partial charge in [-0.05, 0) is 41.3 Å². The van der Waals surface area contributed by atoms with Gasteiger partial charge in [-0.15, -0.1) is 10.2 Å². The van der Waals surface area contributed by atoms with Crippen molar-refractivity contribution >= 4 is 20.7 Å². The molecule has 1 unspecified atom stereocenters. The van der Waals surface area contributed by atoms with E-state index in [2.05, 4.69) is 27.3 Å². The Kier molecular flexibility index (Phi) is 9.18. The Labute approximate surface area is 268 Å². The number of hydrogen-bond donors (Lipinski definition) is 2. The van der Waals surface area contributed by atoms with Crippen molar-refractivity contribution in [3.05, 3.63) is 143 Å². The van der Waals surface area contributed by atoms with E-state index in [4.69, 9.17) is 15.2 Å². The van der Waals surface area contributed by atoms with Crippen molar-refractivity contribution < 1.29 is 17.9 Å². The quantitative estimate of drug-likeness (QED) is 0.160. The summed E-state index contributed by atoms with van der Waals surface area (Å²) in [6.07, 6.45) is 3.06. The van der Waals surface area contributed by atoms with Crippen molar-refractivity contribution in [2.75, 3.05) is 14.2 Å². The topological polar surface area (TPSA) is 125 Å². The minimum absolute atomic E-state index is 0.174. The van der Waals surface area contributed by atoms with Crippen LogP contribution < -0.4 is 15.2 Å². The summed E-state index contributed by atoms with van der Waals surface area (Å²) < 4.78 is 41.9. The number of para-hydroxylation sites is 1. The zero-order chi connectivity index (χ0) is 32.1. The first-order valence-corrected chi connectivity index (χ1v) is 16.8. The van der Waals surface area contributed by atoms with Gasteiger partial charge in [0.25, 0.3) is 0 Å². The number of fused-ring (bicyclic) bond motifs is 1. The van der Waals surface area contributed by atoms with E-state index in [9.17, 15) is 8.42 Å².